The van der Waals surface area contributed by atoms with Crippen molar-refractivity contribution in [2.24, 2.45) is 0 Å². The zero-order valence-corrected chi connectivity index (χ0v) is 11.2. The Kier molecular flexibility index (Phi) is 3.72. The average Bonchev–Trinajstić information content (AvgIpc) is 1.97. The molecule has 0 spiro atoms. The molecule has 0 bridgehead atoms. The molecule has 0 heterocycles. The van der Waals surface area contributed by atoms with Crippen molar-refractivity contribution in [2.75, 3.05) is 0 Å². The molecule has 1 aromatic rings. The number of rotatable bonds is 0. The highest BCUT2D eigenvalue weighted by atomic mass is 79.9. The molecule has 0 saturated heterocycles. The lowest BCUT2D eigenvalue weighted by atomic mass is 10.4. The van der Waals surface area contributed by atoms with Gasteiger partial charge in [0.15, 0.2) is 0 Å². The lowest BCUT2D eigenvalue weighted by molar-refractivity contribution is 1.55. The summed E-state index contributed by atoms with van der Waals surface area (Å²) in [7, 11) is 0. The zero-order valence-electron chi connectivity index (χ0n) is 4.97. The van der Waals surface area contributed by atoms with E-state index in [-0.39, 0.29) is 0 Å². The molecule has 0 aromatic heterocycles. The molecular weight excluding hydrogens is 383 g/mol. The molecular formula is C6HBr3Cl2. The molecule has 0 aliphatic carbocycles. The number of halogens is 5. The molecule has 0 aliphatic rings. The Hall–Kier alpha value is 1.24. The fraction of sp³-hybridized carbons (Fsp3) is 0. The molecule has 0 atom stereocenters. The van der Waals surface area contributed by atoms with Crippen molar-refractivity contribution in [1.29, 1.82) is 0 Å². The monoisotopic (exact) mass is 380 g/mol. The third-order valence-electron chi connectivity index (χ3n) is 1.06. The molecule has 5 heteroatoms. The summed E-state index contributed by atoms with van der Waals surface area (Å²) in [5.41, 5.74) is 0. The summed E-state index contributed by atoms with van der Waals surface area (Å²) in [6.07, 6.45) is 0. The Morgan fingerprint density at radius 3 is 1.64 bits per heavy atom. The normalized spacial score (nSPS) is 10.3. The molecule has 1 aromatic carbocycles. The van der Waals surface area contributed by atoms with Crippen LogP contribution in [0, 0.1) is 0 Å². The van der Waals surface area contributed by atoms with Crippen LogP contribution in [-0.2, 0) is 0 Å². The fourth-order valence-electron chi connectivity index (χ4n) is 0.544. The van der Waals surface area contributed by atoms with Gasteiger partial charge in [-0.15, -0.1) is 0 Å². The van der Waals surface area contributed by atoms with E-state index in [0.717, 1.165) is 8.95 Å². The second-order valence-electron chi connectivity index (χ2n) is 1.78. The van der Waals surface area contributed by atoms with E-state index in [1.54, 1.807) is 6.07 Å². The van der Waals surface area contributed by atoms with Crippen LogP contribution in [0.5, 0.6) is 0 Å². The summed E-state index contributed by atoms with van der Waals surface area (Å²) in [6.45, 7) is 0. The lowest BCUT2D eigenvalue weighted by Crippen LogP contribution is -1.76. The van der Waals surface area contributed by atoms with Crippen LogP contribution in [0.15, 0.2) is 19.5 Å². The third-order valence-corrected chi connectivity index (χ3v) is 4.80. The fourth-order valence-corrected chi connectivity index (χ4v) is 3.01. The molecule has 11 heavy (non-hydrogen) atoms. The maximum atomic E-state index is 5.86. The van der Waals surface area contributed by atoms with E-state index in [9.17, 15) is 0 Å². The largest absolute Gasteiger partial charge is 0.0818 e. The third kappa shape index (κ3) is 2.13. The first-order valence-electron chi connectivity index (χ1n) is 2.52. The minimum absolute atomic E-state index is 0.582. The minimum Gasteiger partial charge on any atom is -0.0818 e. The van der Waals surface area contributed by atoms with Crippen LogP contribution < -0.4 is 0 Å². The first-order valence-corrected chi connectivity index (χ1v) is 5.66. The Bertz CT molecular complexity index is 272. The van der Waals surface area contributed by atoms with Crippen LogP contribution in [0.4, 0.5) is 0 Å². The van der Waals surface area contributed by atoms with Crippen molar-refractivity contribution in [3.05, 3.63) is 29.5 Å². The molecule has 0 unspecified atom stereocenters. The van der Waals surface area contributed by atoms with Gasteiger partial charge in [-0.3, -0.25) is 0 Å². The van der Waals surface area contributed by atoms with Gasteiger partial charge in [0, 0.05) is 8.95 Å². The average molecular weight is 384 g/mol. The SMILES string of the molecule is Clc1c(Br)cc(Br)c(Cl)c1Br. The zero-order chi connectivity index (χ0) is 8.59. The minimum atomic E-state index is 0.582. The van der Waals surface area contributed by atoms with E-state index >= 15 is 0 Å². The van der Waals surface area contributed by atoms with Crippen molar-refractivity contribution in [1.82, 2.24) is 0 Å². The Labute approximate surface area is 99.6 Å². The van der Waals surface area contributed by atoms with Crippen molar-refractivity contribution in [3.63, 3.8) is 0 Å². The van der Waals surface area contributed by atoms with Crippen molar-refractivity contribution < 1.29 is 0 Å². The van der Waals surface area contributed by atoms with E-state index in [2.05, 4.69) is 47.8 Å². The van der Waals surface area contributed by atoms with Gasteiger partial charge in [0.25, 0.3) is 0 Å². The van der Waals surface area contributed by atoms with Gasteiger partial charge < -0.3 is 0 Å². The second kappa shape index (κ2) is 3.97. The smallest absolute Gasteiger partial charge is 0.0706 e. The maximum Gasteiger partial charge on any atom is 0.0706 e. The van der Waals surface area contributed by atoms with Crippen molar-refractivity contribution in [3.8, 4) is 0 Å². The van der Waals surface area contributed by atoms with E-state index in [1.807, 2.05) is 0 Å². The van der Waals surface area contributed by atoms with E-state index in [1.165, 1.54) is 0 Å². The first kappa shape index (κ1) is 10.3. The first-order chi connectivity index (χ1) is 5.04. The van der Waals surface area contributed by atoms with Gasteiger partial charge in [-0.2, -0.15) is 0 Å². The summed E-state index contributed by atoms with van der Waals surface area (Å²) in [6, 6.07) is 1.80. The summed E-state index contributed by atoms with van der Waals surface area (Å²) < 4.78 is 2.31. The highest BCUT2D eigenvalue weighted by Gasteiger charge is 2.09. The van der Waals surface area contributed by atoms with Gasteiger partial charge in [-0.25, -0.2) is 0 Å². The molecule has 0 radical (unpaired) electrons. The predicted molar refractivity (Wildman–Crippen MR) is 59.6 cm³/mol. The van der Waals surface area contributed by atoms with Gasteiger partial charge in [-0.05, 0) is 53.9 Å². The van der Waals surface area contributed by atoms with E-state index in [0.29, 0.717) is 14.5 Å². The number of hydrogen-bond acceptors (Lipinski definition) is 0. The highest BCUT2D eigenvalue weighted by Crippen LogP contribution is 2.40. The lowest BCUT2D eigenvalue weighted by Gasteiger charge is -2.03. The van der Waals surface area contributed by atoms with Crippen LogP contribution in [0.3, 0.4) is 0 Å². The van der Waals surface area contributed by atoms with Gasteiger partial charge in [0.05, 0.1) is 14.5 Å². The topological polar surface area (TPSA) is 0 Å². The Balaban J connectivity index is 3.46. The highest BCUT2D eigenvalue weighted by molar-refractivity contribution is 9.11. The maximum absolute atomic E-state index is 5.86. The summed E-state index contributed by atoms with van der Waals surface area (Å²) in [5.74, 6) is 0. The van der Waals surface area contributed by atoms with Gasteiger partial charge in [0.2, 0.25) is 0 Å². The van der Waals surface area contributed by atoms with Gasteiger partial charge in [-0.1, -0.05) is 23.2 Å². The molecule has 0 fully saturated rings. The predicted octanol–water partition coefficient (Wildman–Crippen LogP) is 5.28. The molecule has 60 valence electrons. The van der Waals surface area contributed by atoms with Crippen molar-refractivity contribution >= 4 is 71.0 Å². The van der Waals surface area contributed by atoms with E-state index in [4.69, 9.17) is 23.2 Å². The molecule has 0 amide bonds. The van der Waals surface area contributed by atoms with Gasteiger partial charge >= 0.3 is 0 Å². The Morgan fingerprint density at radius 1 is 0.909 bits per heavy atom. The summed E-state index contributed by atoms with van der Waals surface area (Å²) in [5, 5.41) is 1.16. The van der Waals surface area contributed by atoms with Crippen LogP contribution in [0.1, 0.15) is 0 Å². The molecule has 1 rings (SSSR count). The van der Waals surface area contributed by atoms with Crippen LogP contribution >= 0.6 is 71.0 Å². The van der Waals surface area contributed by atoms with Gasteiger partial charge in [0.1, 0.15) is 0 Å². The second-order valence-corrected chi connectivity index (χ2v) is 5.04. The van der Waals surface area contributed by atoms with Crippen LogP contribution in [0.25, 0.3) is 0 Å². The number of hydrogen-bond donors (Lipinski definition) is 0. The number of benzene rings is 1. The van der Waals surface area contributed by atoms with Crippen molar-refractivity contribution in [2.45, 2.75) is 0 Å². The Morgan fingerprint density at radius 2 is 1.27 bits per heavy atom. The molecule has 0 N–H and O–H groups in total. The van der Waals surface area contributed by atoms with E-state index < -0.39 is 0 Å². The summed E-state index contributed by atoms with van der Waals surface area (Å²) >= 11 is 21.5. The summed E-state index contributed by atoms with van der Waals surface area (Å²) in [4.78, 5) is 0. The molecule has 0 nitrogen and oxygen atoms in total. The molecule has 0 saturated carbocycles. The van der Waals surface area contributed by atoms with Crippen LogP contribution in [-0.4, -0.2) is 0 Å². The van der Waals surface area contributed by atoms with Crippen LogP contribution in [0.2, 0.25) is 10.0 Å². The molecule has 0 aliphatic heterocycles. The standard InChI is InChI=1S/C6HBr3Cl2/c7-2-1-3(8)6(11)4(9)5(2)10/h1H. The quantitative estimate of drug-likeness (QED) is 0.422.